The highest BCUT2D eigenvalue weighted by Crippen LogP contribution is 2.14. The third-order valence-corrected chi connectivity index (χ3v) is 2.24. The van der Waals surface area contributed by atoms with Crippen molar-refractivity contribution < 1.29 is 4.79 Å². The largest absolute Gasteiger partial charge is 0.369 e. The van der Waals surface area contributed by atoms with Gasteiger partial charge >= 0.3 is 0 Å². The molecule has 4 N–H and O–H groups in total. The zero-order valence-electron chi connectivity index (χ0n) is 9.63. The number of hydrogen-bond donors (Lipinski definition) is 3. The number of carbonyl (C=O) groups excluding carboxylic acids is 1. The van der Waals surface area contributed by atoms with Gasteiger partial charge in [0.1, 0.15) is 11.6 Å². The Morgan fingerprint density at radius 1 is 1.62 bits per heavy atom. The van der Waals surface area contributed by atoms with Crippen LogP contribution in [0.5, 0.6) is 0 Å². The molecule has 0 saturated heterocycles. The molecule has 1 heterocycles. The van der Waals surface area contributed by atoms with Gasteiger partial charge in [-0.1, -0.05) is 0 Å². The second-order valence-electron chi connectivity index (χ2n) is 4.32. The Balaban J connectivity index is 2.75. The Labute approximate surface area is 93.3 Å². The molecule has 0 spiro atoms. The Kier molecular flexibility index (Phi) is 3.31. The van der Waals surface area contributed by atoms with Crippen LogP contribution in [0.2, 0.25) is 0 Å². The van der Waals surface area contributed by atoms with Crippen molar-refractivity contribution >= 4 is 11.7 Å². The summed E-state index contributed by atoms with van der Waals surface area (Å²) in [6, 6.07) is 1.34. The number of hydrogen-bond acceptors (Lipinski definition) is 4. The van der Waals surface area contributed by atoms with Gasteiger partial charge in [0, 0.05) is 12.6 Å². The number of anilines is 1. The molecule has 0 radical (unpaired) electrons. The first-order chi connectivity index (χ1) is 7.31. The fraction of sp³-hybridized carbons (Fsp3) is 0.500. The maximum Gasteiger partial charge on any atom is 0.252 e. The van der Waals surface area contributed by atoms with Crippen LogP contribution in [0.25, 0.3) is 0 Å². The number of aryl methyl sites for hydroxylation is 1. The summed E-state index contributed by atoms with van der Waals surface area (Å²) in [6.07, 6.45) is 0. The van der Waals surface area contributed by atoms with E-state index in [2.05, 4.69) is 15.3 Å². The highest BCUT2D eigenvalue weighted by Gasteiger charge is 2.24. The molecule has 0 aliphatic heterocycles. The van der Waals surface area contributed by atoms with Crippen LogP contribution in [0.15, 0.2) is 10.9 Å². The van der Waals surface area contributed by atoms with Crippen LogP contribution in [-0.4, -0.2) is 22.4 Å². The average Bonchev–Trinajstić information content (AvgIpc) is 2.13. The summed E-state index contributed by atoms with van der Waals surface area (Å²) in [5, 5.41) is 2.92. The van der Waals surface area contributed by atoms with Gasteiger partial charge in [-0.15, -0.1) is 0 Å². The number of primary amides is 1. The molecule has 0 bridgehead atoms. The molecule has 0 unspecified atom stereocenters. The summed E-state index contributed by atoms with van der Waals surface area (Å²) in [5.41, 5.74) is 4.31. The lowest BCUT2D eigenvalue weighted by atomic mass is 9.93. The highest BCUT2D eigenvalue weighted by atomic mass is 16.1. The van der Waals surface area contributed by atoms with Crippen molar-refractivity contribution in [3.05, 3.63) is 22.2 Å². The van der Waals surface area contributed by atoms with Crippen molar-refractivity contribution in [1.82, 2.24) is 9.97 Å². The van der Waals surface area contributed by atoms with Gasteiger partial charge in [-0.3, -0.25) is 9.59 Å². The first-order valence-electron chi connectivity index (χ1n) is 4.93. The molecular formula is C10H16N4O2. The van der Waals surface area contributed by atoms with E-state index in [1.165, 1.54) is 6.07 Å². The summed E-state index contributed by atoms with van der Waals surface area (Å²) in [5.74, 6) is 0.559. The van der Waals surface area contributed by atoms with Gasteiger partial charge in [0.05, 0.1) is 5.41 Å². The lowest BCUT2D eigenvalue weighted by Gasteiger charge is -2.20. The van der Waals surface area contributed by atoms with Crippen molar-refractivity contribution in [3.63, 3.8) is 0 Å². The standard InChI is InChI=1S/C10H16N4O2/c1-6-13-7(4-8(15)14-6)12-5-10(2,3)9(11)16/h4H,5H2,1-3H3,(H2,11,16)(H2,12,13,14,15). The molecular weight excluding hydrogens is 208 g/mol. The molecule has 0 saturated carbocycles. The van der Waals surface area contributed by atoms with Crippen LogP contribution in [0.1, 0.15) is 19.7 Å². The number of carbonyl (C=O) groups is 1. The molecule has 16 heavy (non-hydrogen) atoms. The zero-order valence-corrected chi connectivity index (χ0v) is 9.63. The Hall–Kier alpha value is -1.85. The van der Waals surface area contributed by atoms with E-state index in [0.717, 1.165) is 0 Å². The van der Waals surface area contributed by atoms with Gasteiger partial charge in [0.2, 0.25) is 5.91 Å². The molecule has 0 aromatic carbocycles. The Morgan fingerprint density at radius 3 is 2.75 bits per heavy atom. The summed E-state index contributed by atoms with van der Waals surface area (Å²) in [6.45, 7) is 5.47. The average molecular weight is 224 g/mol. The lowest BCUT2D eigenvalue weighted by molar-refractivity contribution is -0.125. The predicted molar refractivity (Wildman–Crippen MR) is 61.1 cm³/mol. The molecule has 88 valence electrons. The van der Waals surface area contributed by atoms with Crippen LogP contribution < -0.4 is 16.6 Å². The molecule has 0 aliphatic carbocycles. The third kappa shape index (κ3) is 3.08. The maximum atomic E-state index is 11.1. The number of nitrogens with two attached hydrogens (primary N) is 1. The van der Waals surface area contributed by atoms with Crippen molar-refractivity contribution in [2.45, 2.75) is 20.8 Å². The lowest BCUT2D eigenvalue weighted by Crippen LogP contribution is -2.37. The number of nitrogens with zero attached hydrogens (tertiary/aromatic N) is 1. The first kappa shape index (κ1) is 12.2. The van der Waals surface area contributed by atoms with Gasteiger partial charge in [-0.25, -0.2) is 4.98 Å². The van der Waals surface area contributed by atoms with E-state index in [-0.39, 0.29) is 5.56 Å². The number of nitrogens with one attached hydrogen (secondary N) is 2. The minimum absolute atomic E-state index is 0.230. The third-order valence-electron chi connectivity index (χ3n) is 2.24. The van der Waals surface area contributed by atoms with Crippen LogP contribution in [0.4, 0.5) is 5.82 Å². The topological polar surface area (TPSA) is 101 Å². The molecule has 1 rings (SSSR count). The summed E-state index contributed by atoms with van der Waals surface area (Å²) < 4.78 is 0. The van der Waals surface area contributed by atoms with Crippen LogP contribution in [-0.2, 0) is 4.79 Å². The van der Waals surface area contributed by atoms with Gasteiger partial charge in [-0.05, 0) is 20.8 Å². The molecule has 0 aliphatic rings. The molecule has 6 nitrogen and oxygen atoms in total. The van der Waals surface area contributed by atoms with Gasteiger partial charge < -0.3 is 16.0 Å². The second-order valence-corrected chi connectivity index (χ2v) is 4.32. The van der Waals surface area contributed by atoms with Gasteiger partial charge in [0.15, 0.2) is 0 Å². The van der Waals surface area contributed by atoms with Crippen molar-refractivity contribution in [3.8, 4) is 0 Å². The Bertz CT molecular complexity index is 450. The summed E-state index contributed by atoms with van der Waals surface area (Å²) in [4.78, 5) is 28.8. The fourth-order valence-corrected chi connectivity index (χ4v) is 1.07. The molecule has 1 aromatic heterocycles. The summed E-state index contributed by atoms with van der Waals surface area (Å²) in [7, 11) is 0. The molecule has 0 fully saturated rings. The quantitative estimate of drug-likeness (QED) is 0.670. The van der Waals surface area contributed by atoms with E-state index in [0.29, 0.717) is 18.2 Å². The van der Waals surface area contributed by atoms with Crippen LogP contribution in [0.3, 0.4) is 0 Å². The SMILES string of the molecule is Cc1nc(NCC(C)(C)C(N)=O)cc(=O)[nH]1. The van der Waals surface area contributed by atoms with Crippen molar-refractivity contribution in [2.24, 2.45) is 11.1 Å². The van der Waals surface area contributed by atoms with Gasteiger partial charge in [0.25, 0.3) is 5.56 Å². The minimum Gasteiger partial charge on any atom is -0.369 e. The van der Waals surface area contributed by atoms with E-state index in [9.17, 15) is 9.59 Å². The zero-order chi connectivity index (χ0) is 12.3. The predicted octanol–water partition coefficient (Wildman–Crippen LogP) is 0.00172. The minimum atomic E-state index is -0.682. The molecule has 0 atom stereocenters. The molecule has 1 aromatic rings. The van der Waals surface area contributed by atoms with E-state index in [4.69, 9.17) is 5.73 Å². The number of rotatable bonds is 4. The number of H-pyrrole nitrogens is 1. The van der Waals surface area contributed by atoms with E-state index in [1.54, 1.807) is 20.8 Å². The smallest absolute Gasteiger partial charge is 0.252 e. The van der Waals surface area contributed by atoms with Crippen molar-refractivity contribution in [1.29, 1.82) is 0 Å². The van der Waals surface area contributed by atoms with Crippen LogP contribution >= 0.6 is 0 Å². The molecule has 1 amide bonds. The molecule has 6 heteroatoms. The Morgan fingerprint density at radius 2 is 2.25 bits per heavy atom. The van der Waals surface area contributed by atoms with Gasteiger partial charge in [-0.2, -0.15) is 0 Å². The second kappa shape index (κ2) is 4.34. The normalized spacial score (nSPS) is 11.2. The maximum absolute atomic E-state index is 11.1. The van der Waals surface area contributed by atoms with E-state index >= 15 is 0 Å². The van der Waals surface area contributed by atoms with Crippen LogP contribution in [0, 0.1) is 12.3 Å². The monoisotopic (exact) mass is 224 g/mol. The van der Waals surface area contributed by atoms with E-state index < -0.39 is 11.3 Å². The summed E-state index contributed by atoms with van der Waals surface area (Å²) >= 11 is 0. The first-order valence-corrected chi connectivity index (χ1v) is 4.93. The number of amides is 1. The highest BCUT2D eigenvalue weighted by molar-refractivity contribution is 5.80. The number of aromatic nitrogens is 2. The number of aromatic amines is 1. The van der Waals surface area contributed by atoms with E-state index in [1.807, 2.05) is 0 Å². The fourth-order valence-electron chi connectivity index (χ4n) is 1.07. The van der Waals surface area contributed by atoms with Crippen molar-refractivity contribution in [2.75, 3.05) is 11.9 Å².